The third-order valence-corrected chi connectivity index (χ3v) is 6.69. The van der Waals surface area contributed by atoms with Crippen molar-refractivity contribution in [2.75, 3.05) is 36.0 Å². The lowest BCUT2D eigenvalue weighted by atomic mass is 10.0. The van der Waals surface area contributed by atoms with Crippen LogP contribution in [0.1, 0.15) is 56.9 Å². The second kappa shape index (κ2) is 9.21. The summed E-state index contributed by atoms with van der Waals surface area (Å²) in [4.78, 5) is 27.7. The fourth-order valence-corrected chi connectivity index (χ4v) is 4.82. The van der Waals surface area contributed by atoms with Gasteiger partial charge in [0.15, 0.2) is 0 Å². The number of benzene rings is 1. The monoisotopic (exact) mass is 409 g/mol. The van der Waals surface area contributed by atoms with Crippen LogP contribution in [0.15, 0.2) is 29.1 Å². The highest BCUT2D eigenvalue weighted by Gasteiger charge is 2.25. The van der Waals surface area contributed by atoms with Gasteiger partial charge in [-0.15, -0.1) is 0 Å². The van der Waals surface area contributed by atoms with Gasteiger partial charge >= 0.3 is 0 Å². The average Bonchev–Trinajstić information content (AvgIpc) is 2.76. The Morgan fingerprint density at radius 2 is 1.90 bits per heavy atom. The molecular weight excluding hydrogens is 374 g/mol. The predicted molar refractivity (Wildman–Crippen MR) is 123 cm³/mol. The fraction of sp³-hybridized carbons (Fsp3) is 0.583. The molecule has 4 rings (SSSR count). The van der Waals surface area contributed by atoms with Crippen molar-refractivity contribution in [3.05, 3.63) is 51.4 Å². The highest BCUT2D eigenvalue weighted by molar-refractivity contribution is 5.47. The number of nitrogens with one attached hydrogen (secondary N) is 1. The number of piperidine rings is 1. The third-order valence-electron chi connectivity index (χ3n) is 6.69. The largest absolute Gasteiger partial charge is 0.372 e. The molecule has 1 atom stereocenters. The maximum absolute atomic E-state index is 12.7. The summed E-state index contributed by atoms with van der Waals surface area (Å²) < 4.78 is 0. The fourth-order valence-electron chi connectivity index (χ4n) is 4.82. The Kier molecular flexibility index (Phi) is 6.42. The maximum Gasteiger partial charge on any atom is 0.255 e. The summed E-state index contributed by atoms with van der Waals surface area (Å²) in [5, 5.41) is 0. The van der Waals surface area contributed by atoms with E-state index < -0.39 is 0 Å². The van der Waals surface area contributed by atoms with Crippen LogP contribution in [0.5, 0.6) is 0 Å². The third kappa shape index (κ3) is 4.38. The average molecular weight is 410 g/mol. The summed E-state index contributed by atoms with van der Waals surface area (Å²) in [6, 6.07) is 9.34. The number of hydrogen-bond acceptors (Lipinski definition) is 5. The van der Waals surface area contributed by atoms with Crippen LogP contribution in [0.25, 0.3) is 0 Å². The van der Waals surface area contributed by atoms with Crippen LogP contribution >= 0.6 is 0 Å². The van der Waals surface area contributed by atoms with Gasteiger partial charge in [0.05, 0.1) is 5.69 Å². The number of anilines is 2. The standard InChI is InChI=1S/C24H35N5O/c1-4-28(5-2)20-11-9-19(10-12-20)16-27-15-13-21-22(17-27)25-24(26-23(21)30)29-14-7-6-8-18(29)3/h9-12,18H,4-8,13-17H2,1-3H3,(H,25,26,30)/t18-/m1/s1. The van der Waals surface area contributed by atoms with E-state index in [1.807, 2.05) is 0 Å². The van der Waals surface area contributed by atoms with Gasteiger partial charge in [-0.05, 0) is 64.2 Å². The molecule has 0 radical (unpaired) electrons. The van der Waals surface area contributed by atoms with Gasteiger partial charge in [-0.1, -0.05) is 12.1 Å². The zero-order valence-electron chi connectivity index (χ0n) is 18.7. The molecule has 0 saturated carbocycles. The van der Waals surface area contributed by atoms with Crippen molar-refractivity contribution in [3.8, 4) is 0 Å². The molecule has 6 nitrogen and oxygen atoms in total. The smallest absolute Gasteiger partial charge is 0.255 e. The van der Waals surface area contributed by atoms with Crippen molar-refractivity contribution in [1.82, 2.24) is 14.9 Å². The number of H-pyrrole nitrogens is 1. The molecule has 162 valence electrons. The summed E-state index contributed by atoms with van der Waals surface area (Å²) in [5.74, 6) is 0.761. The van der Waals surface area contributed by atoms with Gasteiger partial charge < -0.3 is 9.80 Å². The first-order valence-corrected chi connectivity index (χ1v) is 11.5. The predicted octanol–water partition coefficient (Wildman–Crippen LogP) is 3.55. The summed E-state index contributed by atoms with van der Waals surface area (Å²) in [7, 11) is 0. The van der Waals surface area contributed by atoms with Gasteiger partial charge in [-0.3, -0.25) is 14.7 Å². The van der Waals surface area contributed by atoms with Crippen molar-refractivity contribution >= 4 is 11.6 Å². The number of aromatic nitrogens is 2. The normalized spacial score (nSPS) is 19.6. The van der Waals surface area contributed by atoms with Gasteiger partial charge in [0.2, 0.25) is 5.95 Å². The summed E-state index contributed by atoms with van der Waals surface area (Å²) in [5.41, 5.74) is 4.47. The van der Waals surface area contributed by atoms with Crippen molar-refractivity contribution in [2.45, 2.75) is 65.6 Å². The van der Waals surface area contributed by atoms with E-state index in [1.165, 1.54) is 24.1 Å². The molecule has 0 aliphatic carbocycles. The molecule has 6 heteroatoms. The van der Waals surface area contributed by atoms with Crippen molar-refractivity contribution in [1.29, 1.82) is 0 Å². The van der Waals surface area contributed by atoms with Gasteiger partial charge in [-0.2, -0.15) is 0 Å². The van der Waals surface area contributed by atoms with Crippen molar-refractivity contribution in [2.24, 2.45) is 0 Å². The molecule has 2 aliphatic rings. The topological polar surface area (TPSA) is 55.5 Å². The van der Waals surface area contributed by atoms with Crippen LogP contribution in [-0.2, 0) is 19.5 Å². The van der Waals surface area contributed by atoms with E-state index in [4.69, 9.17) is 4.98 Å². The van der Waals surface area contributed by atoms with Crippen LogP contribution in [-0.4, -0.2) is 47.1 Å². The van der Waals surface area contributed by atoms with Gasteiger partial charge in [0.1, 0.15) is 0 Å². The zero-order chi connectivity index (χ0) is 21.1. The number of fused-ring (bicyclic) bond motifs is 1. The second-order valence-corrected chi connectivity index (χ2v) is 8.65. The lowest BCUT2D eigenvalue weighted by Gasteiger charge is -2.35. The van der Waals surface area contributed by atoms with E-state index in [0.29, 0.717) is 6.04 Å². The summed E-state index contributed by atoms with van der Waals surface area (Å²) >= 11 is 0. The molecule has 0 spiro atoms. The first-order valence-electron chi connectivity index (χ1n) is 11.5. The molecule has 30 heavy (non-hydrogen) atoms. The van der Waals surface area contributed by atoms with E-state index in [2.05, 4.69) is 64.7 Å². The first kappa shape index (κ1) is 20.9. The lowest BCUT2D eigenvalue weighted by molar-refractivity contribution is 0.240. The van der Waals surface area contributed by atoms with Crippen LogP contribution in [0, 0.1) is 0 Å². The van der Waals surface area contributed by atoms with Crippen LogP contribution in [0.4, 0.5) is 11.6 Å². The number of hydrogen-bond donors (Lipinski definition) is 1. The van der Waals surface area contributed by atoms with Crippen LogP contribution in [0.3, 0.4) is 0 Å². The van der Waals surface area contributed by atoms with Crippen molar-refractivity contribution in [3.63, 3.8) is 0 Å². The van der Waals surface area contributed by atoms with Crippen LogP contribution < -0.4 is 15.4 Å². The summed E-state index contributed by atoms with van der Waals surface area (Å²) in [6.07, 6.45) is 4.36. The molecule has 1 fully saturated rings. The molecule has 0 bridgehead atoms. The van der Waals surface area contributed by atoms with Gasteiger partial charge in [0, 0.05) is 56.6 Å². The Balaban J connectivity index is 1.48. The van der Waals surface area contributed by atoms with Gasteiger partial charge in [-0.25, -0.2) is 4.98 Å². The minimum atomic E-state index is 0.0519. The Hall–Kier alpha value is -2.34. The zero-order valence-corrected chi connectivity index (χ0v) is 18.7. The molecule has 2 aliphatic heterocycles. The Morgan fingerprint density at radius 1 is 1.13 bits per heavy atom. The molecule has 1 N–H and O–H groups in total. The maximum atomic E-state index is 12.7. The van der Waals surface area contributed by atoms with E-state index in [1.54, 1.807) is 0 Å². The number of nitrogens with zero attached hydrogens (tertiary/aromatic N) is 4. The molecule has 3 heterocycles. The summed E-state index contributed by atoms with van der Waals surface area (Å²) in [6.45, 7) is 12.2. The Morgan fingerprint density at radius 3 is 2.60 bits per heavy atom. The van der Waals surface area contributed by atoms with E-state index >= 15 is 0 Å². The minimum absolute atomic E-state index is 0.0519. The Labute approximate surface area is 179 Å². The molecular formula is C24H35N5O. The van der Waals surface area contributed by atoms with Crippen LogP contribution in [0.2, 0.25) is 0 Å². The SMILES string of the molecule is CCN(CC)c1ccc(CN2CCc3c(nc(N4CCCC[C@H]4C)[nH]c3=O)C2)cc1. The van der Waals surface area contributed by atoms with E-state index in [-0.39, 0.29) is 5.56 Å². The van der Waals surface area contributed by atoms with E-state index in [9.17, 15) is 4.79 Å². The quantitative estimate of drug-likeness (QED) is 0.791. The molecule has 0 unspecified atom stereocenters. The van der Waals surface area contributed by atoms with Crippen molar-refractivity contribution < 1.29 is 0 Å². The lowest BCUT2D eigenvalue weighted by Crippen LogP contribution is -2.41. The van der Waals surface area contributed by atoms with E-state index in [0.717, 1.165) is 69.3 Å². The molecule has 1 aromatic heterocycles. The molecule has 2 aromatic rings. The first-order chi connectivity index (χ1) is 14.6. The molecule has 0 amide bonds. The highest BCUT2D eigenvalue weighted by Crippen LogP contribution is 2.24. The Bertz CT molecular complexity index is 903. The number of aromatic amines is 1. The second-order valence-electron chi connectivity index (χ2n) is 8.65. The number of rotatable bonds is 6. The molecule has 1 saturated heterocycles. The highest BCUT2D eigenvalue weighted by atomic mass is 16.1. The molecule has 1 aromatic carbocycles. The van der Waals surface area contributed by atoms with Gasteiger partial charge in [0.25, 0.3) is 5.56 Å². The minimum Gasteiger partial charge on any atom is -0.372 e.